The molecule has 1 aromatic heterocycles. The van der Waals surface area contributed by atoms with E-state index in [2.05, 4.69) is 9.97 Å². The molecule has 0 atom stereocenters. The van der Waals surface area contributed by atoms with Crippen LogP contribution in [0, 0.1) is 0 Å². The molecule has 0 amide bonds. The summed E-state index contributed by atoms with van der Waals surface area (Å²) in [5.41, 5.74) is 0.127. The predicted molar refractivity (Wildman–Crippen MR) is 93.5 cm³/mol. The van der Waals surface area contributed by atoms with Crippen LogP contribution < -0.4 is 10.4 Å². The SMILES string of the molecule is CCSc1nc(OCc2ccc(Cl)cc2)n(C(C)(C)C)c(=O)n1. The standard InChI is InChI=1S/C16H20ClN3O2S/c1-5-23-13-18-14(21)20(16(2,3)4)15(19-13)22-10-11-6-8-12(17)9-7-11/h6-9H,5,10H2,1-4H3. The zero-order valence-electron chi connectivity index (χ0n) is 13.7. The Kier molecular flexibility index (Phi) is 5.70. The van der Waals surface area contributed by atoms with Crippen LogP contribution in [0.4, 0.5) is 0 Å². The number of halogens is 1. The quantitative estimate of drug-likeness (QED) is 0.766. The van der Waals surface area contributed by atoms with Crippen molar-refractivity contribution in [3.05, 3.63) is 45.3 Å². The van der Waals surface area contributed by atoms with E-state index in [-0.39, 0.29) is 11.7 Å². The molecule has 1 aromatic carbocycles. The first-order valence-corrected chi connectivity index (χ1v) is 8.69. The second-order valence-electron chi connectivity index (χ2n) is 5.93. The molecule has 0 fully saturated rings. The van der Waals surface area contributed by atoms with E-state index in [1.54, 1.807) is 12.1 Å². The van der Waals surface area contributed by atoms with Gasteiger partial charge >= 0.3 is 11.7 Å². The lowest BCUT2D eigenvalue weighted by Crippen LogP contribution is -2.37. The van der Waals surface area contributed by atoms with Crippen LogP contribution >= 0.6 is 23.4 Å². The molecule has 1 heterocycles. The van der Waals surface area contributed by atoms with Crippen molar-refractivity contribution in [3.8, 4) is 6.01 Å². The van der Waals surface area contributed by atoms with E-state index in [1.165, 1.54) is 16.3 Å². The Bertz CT molecular complexity index is 724. The average molecular weight is 354 g/mol. The number of hydrogen-bond acceptors (Lipinski definition) is 5. The summed E-state index contributed by atoms with van der Waals surface area (Å²) in [4.78, 5) is 20.7. The molecule has 0 saturated carbocycles. The van der Waals surface area contributed by atoms with Crippen molar-refractivity contribution in [3.63, 3.8) is 0 Å². The van der Waals surface area contributed by atoms with Crippen LogP contribution in [0.15, 0.2) is 34.2 Å². The molecule has 0 spiro atoms. The van der Waals surface area contributed by atoms with Gasteiger partial charge in [0, 0.05) is 10.6 Å². The number of aromatic nitrogens is 3. The van der Waals surface area contributed by atoms with Gasteiger partial charge in [0.25, 0.3) is 0 Å². The van der Waals surface area contributed by atoms with Gasteiger partial charge in [0.2, 0.25) is 0 Å². The van der Waals surface area contributed by atoms with E-state index in [0.29, 0.717) is 16.8 Å². The Morgan fingerprint density at radius 3 is 2.43 bits per heavy atom. The van der Waals surface area contributed by atoms with Gasteiger partial charge in [-0.3, -0.25) is 0 Å². The summed E-state index contributed by atoms with van der Waals surface area (Å²) < 4.78 is 7.29. The van der Waals surface area contributed by atoms with E-state index < -0.39 is 5.54 Å². The zero-order valence-corrected chi connectivity index (χ0v) is 15.2. The fourth-order valence-electron chi connectivity index (χ4n) is 1.96. The van der Waals surface area contributed by atoms with Crippen molar-refractivity contribution in [1.29, 1.82) is 0 Å². The molecule has 0 unspecified atom stereocenters. The third kappa shape index (κ3) is 4.72. The van der Waals surface area contributed by atoms with Crippen molar-refractivity contribution in [2.75, 3.05) is 5.75 Å². The maximum absolute atomic E-state index is 12.3. The first-order chi connectivity index (χ1) is 10.8. The Balaban J connectivity index is 2.34. The lowest BCUT2D eigenvalue weighted by Gasteiger charge is -2.24. The summed E-state index contributed by atoms with van der Waals surface area (Å²) in [6.45, 7) is 8.04. The first kappa shape index (κ1) is 17.8. The summed E-state index contributed by atoms with van der Waals surface area (Å²) in [7, 11) is 0. The number of rotatable bonds is 5. The van der Waals surface area contributed by atoms with Crippen LogP contribution in [0.5, 0.6) is 6.01 Å². The average Bonchev–Trinajstić information content (AvgIpc) is 2.45. The molecular weight excluding hydrogens is 334 g/mol. The maximum atomic E-state index is 12.3. The maximum Gasteiger partial charge on any atom is 0.354 e. The fourth-order valence-corrected chi connectivity index (χ4v) is 2.63. The lowest BCUT2D eigenvalue weighted by molar-refractivity contribution is 0.221. The van der Waals surface area contributed by atoms with Crippen molar-refractivity contribution in [2.45, 2.75) is 45.0 Å². The molecule has 0 aliphatic heterocycles. The van der Waals surface area contributed by atoms with Gasteiger partial charge in [-0.05, 0) is 44.2 Å². The largest absolute Gasteiger partial charge is 0.460 e. The Morgan fingerprint density at radius 2 is 1.87 bits per heavy atom. The van der Waals surface area contributed by atoms with E-state index >= 15 is 0 Å². The highest BCUT2D eigenvalue weighted by Crippen LogP contribution is 2.21. The van der Waals surface area contributed by atoms with Crippen molar-refractivity contribution < 1.29 is 4.74 Å². The molecule has 7 heteroatoms. The topological polar surface area (TPSA) is 57.0 Å². The fraction of sp³-hybridized carbons (Fsp3) is 0.438. The van der Waals surface area contributed by atoms with Gasteiger partial charge in [0.05, 0.1) is 0 Å². The third-order valence-electron chi connectivity index (χ3n) is 2.99. The molecule has 0 N–H and O–H groups in total. The normalized spacial score (nSPS) is 11.5. The number of hydrogen-bond donors (Lipinski definition) is 0. The van der Waals surface area contributed by atoms with Crippen LogP contribution in [0.1, 0.15) is 33.3 Å². The number of ether oxygens (including phenoxy) is 1. The van der Waals surface area contributed by atoms with E-state index in [1.807, 2.05) is 39.8 Å². The highest BCUT2D eigenvalue weighted by molar-refractivity contribution is 7.99. The van der Waals surface area contributed by atoms with Crippen molar-refractivity contribution >= 4 is 23.4 Å². The van der Waals surface area contributed by atoms with Gasteiger partial charge in [0.15, 0.2) is 5.16 Å². The summed E-state index contributed by atoms with van der Waals surface area (Å²) >= 11 is 7.29. The van der Waals surface area contributed by atoms with Gasteiger partial charge in [0.1, 0.15) is 6.61 Å². The predicted octanol–water partition coefficient (Wildman–Crippen LogP) is 3.74. The monoisotopic (exact) mass is 353 g/mol. The minimum absolute atomic E-state index is 0.281. The molecule has 0 bridgehead atoms. The van der Waals surface area contributed by atoms with Crippen LogP contribution in [-0.2, 0) is 12.1 Å². The number of nitrogens with zero attached hydrogens (tertiary/aromatic N) is 3. The highest BCUT2D eigenvalue weighted by Gasteiger charge is 2.22. The molecule has 0 radical (unpaired) electrons. The molecule has 0 aliphatic carbocycles. The van der Waals surface area contributed by atoms with Crippen LogP contribution in [0.25, 0.3) is 0 Å². The zero-order chi connectivity index (χ0) is 17.0. The molecule has 0 saturated heterocycles. The van der Waals surface area contributed by atoms with Gasteiger partial charge < -0.3 is 4.74 Å². The van der Waals surface area contributed by atoms with Crippen molar-refractivity contribution in [2.24, 2.45) is 0 Å². The number of benzene rings is 1. The van der Waals surface area contributed by atoms with Crippen LogP contribution in [0.2, 0.25) is 5.02 Å². The molecule has 2 rings (SSSR count). The smallest absolute Gasteiger partial charge is 0.354 e. The van der Waals surface area contributed by atoms with Crippen molar-refractivity contribution in [1.82, 2.24) is 14.5 Å². The minimum Gasteiger partial charge on any atom is -0.460 e. The van der Waals surface area contributed by atoms with Crippen LogP contribution in [0.3, 0.4) is 0 Å². The Morgan fingerprint density at radius 1 is 1.22 bits per heavy atom. The van der Waals surface area contributed by atoms with Crippen LogP contribution in [-0.4, -0.2) is 20.3 Å². The summed E-state index contributed by atoms with van der Waals surface area (Å²) in [5.74, 6) is 0.787. The molecule has 0 aliphatic rings. The lowest BCUT2D eigenvalue weighted by atomic mass is 10.1. The Labute approximate surface area is 145 Å². The van der Waals surface area contributed by atoms with Gasteiger partial charge in [-0.2, -0.15) is 9.97 Å². The first-order valence-electron chi connectivity index (χ1n) is 7.33. The Hall–Kier alpha value is -1.53. The highest BCUT2D eigenvalue weighted by atomic mass is 35.5. The second kappa shape index (κ2) is 7.36. The third-order valence-corrected chi connectivity index (χ3v) is 3.97. The molecule has 124 valence electrons. The summed E-state index contributed by atoms with van der Waals surface area (Å²) in [6.07, 6.45) is 0. The van der Waals surface area contributed by atoms with Gasteiger partial charge in [-0.25, -0.2) is 9.36 Å². The van der Waals surface area contributed by atoms with E-state index in [4.69, 9.17) is 16.3 Å². The molecular formula is C16H20ClN3O2S. The second-order valence-corrected chi connectivity index (χ2v) is 7.59. The van der Waals surface area contributed by atoms with Gasteiger partial charge in [-0.1, -0.05) is 42.4 Å². The summed E-state index contributed by atoms with van der Waals surface area (Å²) in [5, 5.41) is 1.10. The van der Waals surface area contributed by atoms with Gasteiger partial charge in [-0.15, -0.1) is 0 Å². The molecule has 2 aromatic rings. The van der Waals surface area contributed by atoms with E-state index in [9.17, 15) is 4.79 Å². The minimum atomic E-state index is -0.470. The molecule has 23 heavy (non-hydrogen) atoms. The molecule has 5 nitrogen and oxygen atoms in total. The van der Waals surface area contributed by atoms with E-state index in [0.717, 1.165) is 11.3 Å². The summed E-state index contributed by atoms with van der Waals surface area (Å²) in [6, 6.07) is 7.64. The number of thioether (sulfide) groups is 1.